The van der Waals surface area contributed by atoms with E-state index in [-0.39, 0.29) is 49.2 Å². The van der Waals surface area contributed by atoms with Gasteiger partial charge in [0.1, 0.15) is 0 Å². The van der Waals surface area contributed by atoms with E-state index in [1.807, 2.05) is 36.4 Å². The molecule has 48 heavy (non-hydrogen) atoms. The zero-order chi connectivity index (χ0) is 33.9. The first-order valence-corrected chi connectivity index (χ1v) is 17.4. The van der Waals surface area contributed by atoms with E-state index in [0.29, 0.717) is 19.5 Å². The fourth-order valence-corrected chi connectivity index (χ4v) is 6.74. The maximum Gasteiger partial charge on any atom is 0.220 e. The summed E-state index contributed by atoms with van der Waals surface area (Å²) in [6.45, 7) is 6.64. The quantitative estimate of drug-likeness (QED) is 0.162. The second-order valence-corrected chi connectivity index (χ2v) is 13.2. The summed E-state index contributed by atoms with van der Waals surface area (Å²) >= 11 is 0. The fourth-order valence-electron chi connectivity index (χ4n) is 6.74. The van der Waals surface area contributed by atoms with Crippen LogP contribution < -0.4 is 10.6 Å². The van der Waals surface area contributed by atoms with E-state index < -0.39 is 6.29 Å². The van der Waals surface area contributed by atoms with Crippen LogP contribution in [-0.2, 0) is 32.2 Å². The molecular weight excluding hydrogens is 606 g/mol. The van der Waals surface area contributed by atoms with Crippen molar-refractivity contribution in [1.82, 2.24) is 15.5 Å². The Morgan fingerprint density at radius 3 is 2.38 bits per heavy atom. The van der Waals surface area contributed by atoms with E-state index in [2.05, 4.69) is 58.9 Å². The number of aliphatic hydroxyl groups excluding tert-OH is 2. The first-order valence-electron chi connectivity index (χ1n) is 17.4. The van der Waals surface area contributed by atoms with Gasteiger partial charge in [0.2, 0.25) is 11.8 Å². The summed E-state index contributed by atoms with van der Waals surface area (Å²) in [7, 11) is 0. The van der Waals surface area contributed by atoms with Crippen molar-refractivity contribution in [2.45, 2.75) is 90.1 Å². The lowest BCUT2D eigenvalue weighted by Gasteiger charge is -2.43. The van der Waals surface area contributed by atoms with Gasteiger partial charge in [-0.15, -0.1) is 0 Å². The second-order valence-electron chi connectivity index (χ2n) is 13.2. The number of nitrogens with one attached hydrogen (secondary N) is 2. The molecule has 2 aliphatic heterocycles. The normalized spacial score (nSPS) is 22.8. The monoisotopic (exact) mass is 657 g/mol. The molecule has 0 unspecified atom stereocenters. The van der Waals surface area contributed by atoms with Crippen molar-refractivity contribution in [1.29, 1.82) is 0 Å². The molecule has 258 valence electrons. The predicted molar refractivity (Wildman–Crippen MR) is 186 cm³/mol. The number of nitrogens with zero attached hydrogens (tertiary/aromatic N) is 1. The van der Waals surface area contributed by atoms with Crippen LogP contribution >= 0.6 is 0 Å². The first-order chi connectivity index (χ1) is 23.3. The molecule has 0 spiro atoms. The van der Waals surface area contributed by atoms with Gasteiger partial charge in [0.05, 0.1) is 25.4 Å². The Morgan fingerprint density at radius 1 is 0.875 bits per heavy atom. The van der Waals surface area contributed by atoms with Crippen molar-refractivity contribution in [3.05, 3.63) is 95.1 Å². The van der Waals surface area contributed by atoms with Crippen molar-refractivity contribution in [2.75, 3.05) is 26.2 Å². The molecule has 0 aliphatic carbocycles. The van der Waals surface area contributed by atoms with Crippen LogP contribution in [0.5, 0.6) is 0 Å². The molecule has 9 heteroatoms. The predicted octanol–water partition coefficient (Wildman–Crippen LogP) is 5.41. The van der Waals surface area contributed by atoms with Crippen LogP contribution in [0.15, 0.2) is 72.8 Å². The zero-order valence-electron chi connectivity index (χ0n) is 28.3. The van der Waals surface area contributed by atoms with Gasteiger partial charge >= 0.3 is 0 Å². The molecule has 4 N–H and O–H groups in total. The molecule has 5 atom stereocenters. The lowest BCUT2D eigenvalue weighted by Crippen LogP contribution is -2.46. The van der Waals surface area contributed by atoms with Gasteiger partial charge in [-0.3, -0.25) is 14.5 Å². The highest BCUT2D eigenvalue weighted by Gasteiger charge is 2.40. The Morgan fingerprint density at radius 2 is 1.65 bits per heavy atom. The summed E-state index contributed by atoms with van der Waals surface area (Å²) in [5.74, 6) is 0.0887. The van der Waals surface area contributed by atoms with E-state index in [9.17, 15) is 19.8 Å². The van der Waals surface area contributed by atoms with Gasteiger partial charge in [-0.2, -0.15) is 0 Å². The molecule has 0 bridgehead atoms. The van der Waals surface area contributed by atoms with Gasteiger partial charge < -0.3 is 30.3 Å². The molecule has 0 radical (unpaired) electrons. The van der Waals surface area contributed by atoms with E-state index in [1.54, 1.807) is 0 Å². The smallest absolute Gasteiger partial charge is 0.220 e. The molecular formula is C39H51N3O6. The summed E-state index contributed by atoms with van der Waals surface area (Å²) in [6, 6.07) is 24.6. The molecule has 0 aromatic heterocycles. The van der Waals surface area contributed by atoms with Crippen LogP contribution in [0.3, 0.4) is 0 Å². The number of amides is 2. The van der Waals surface area contributed by atoms with Gasteiger partial charge in [0, 0.05) is 50.5 Å². The standard InChI is InChI=1S/C39H51N3O6/c1-27-36(24-42-21-7-10-35(42)26-44)47-39(48-38(27)32-14-12-29(25-43)13-15-32)33-18-16-31(17-19-33)34-9-6-8-30(22-34)23-41-37(46)11-4-3-5-20-40-28(2)45/h6,8-9,12-19,22,27,35-36,38-39,43-44H,3-5,7,10-11,20-21,23-26H2,1-2H3,(H,40,45)(H,41,46)/t27-,35+,36+,38+,39+/m1/s1. The molecule has 2 amide bonds. The molecule has 2 aliphatic rings. The summed E-state index contributed by atoms with van der Waals surface area (Å²) in [4.78, 5) is 25.7. The zero-order valence-corrected chi connectivity index (χ0v) is 28.3. The van der Waals surface area contributed by atoms with Gasteiger partial charge in [0.25, 0.3) is 0 Å². The Bertz CT molecular complexity index is 1460. The lowest BCUT2D eigenvalue weighted by atomic mass is 9.89. The summed E-state index contributed by atoms with van der Waals surface area (Å²) in [6.07, 6.45) is 4.29. The highest BCUT2D eigenvalue weighted by molar-refractivity contribution is 5.76. The van der Waals surface area contributed by atoms with Crippen molar-refractivity contribution in [3.8, 4) is 11.1 Å². The minimum absolute atomic E-state index is 0.000152. The topological polar surface area (TPSA) is 120 Å². The van der Waals surface area contributed by atoms with Crippen LogP contribution in [-0.4, -0.2) is 65.3 Å². The number of carbonyl (C=O) groups is 2. The number of unbranched alkanes of at least 4 members (excludes halogenated alkanes) is 2. The number of rotatable bonds is 15. The number of likely N-dealkylation sites (tertiary alicyclic amines) is 1. The third kappa shape index (κ3) is 9.74. The van der Waals surface area contributed by atoms with Crippen molar-refractivity contribution in [3.63, 3.8) is 0 Å². The summed E-state index contributed by atoms with van der Waals surface area (Å²) in [5.41, 5.74) is 6.02. The number of aliphatic hydroxyl groups is 2. The van der Waals surface area contributed by atoms with Gasteiger partial charge in [-0.25, -0.2) is 0 Å². The van der Waals surface area contributed by atoms with Crippen LogP contribution in [0.4, 0.5) is 0 Å². The number of hydrogen-bond acceptors (Lipinski definition) is 7. The van der Waals surface area contributed by atoms with Crippen molar-refractivity contribution in [2.24, 2.45) is 5.92 Å². The number of ether oxygens (including phenoxy) is 2. The van der Waals surface area contributed by atoms with Crippen LogP contribution in [0, 0.1) is 5.92 Å². The minimum Gasteiger partial charge on any atom is -0.395 e. The van der Waals surface area contributed by atoms with Crippen molar-refractivity contribution < 1.29 is 29.3 Å². The lowest BCUT2D eigenvalue weighted by molar-refractivity contribution is -0.276. The number of benzene rings is 3. The highest BCUT2D eigenvalue weighted by atomic mass is 16.7. The van der Waals surface area contributed by atoms with Gasteiger partial charge in [-0.1, -0.05) is 80.1 Å². The Hall–Kier alpha value is -3.60. The minimum atomic E-state index is -0.551. The molecule has 3 aromatic rings. The van der Waals surface area contributed by atoms with E-state index in [4.69, 9.17) is 9.47 Å². The molecule has 0 saturated carbocycles. The molecule has 5 rings (SSSR count). The van der Waals surface area contributed by atoms with Crippen LogP contribution in [0.2, 0.25) is 0 Å². The SMILES string of the molecule is CC(=O)NCCCCCC(=O)NCc1cccc(-c2ccc([C@H]3O[C@@H](CN4CCC[C@H]4CO)[C@@H](C)[C@@H](c4ccc(CO)cc4)O3)cc2)c1. The van der Waals surface area contributed by atoms with Crippen molar-refractivity contribution >= 4 is 11.8 Å². The van der Waals surface area contributed by atoms with E-state index in [1.165, 1.54) is 6.92 Å². The Kier molecular flexibility index (Phi) is 13.2. The molecule has 2 heterocycles. The fraction of sp³-hybridized carbons (Fsp3) is 0.487. The molecule has 9 nitrogen and oxygen atoms in total. The molecule has 2 saturated heterocycles. The van der Waals surface area contributed by atoms with E-state index in [0.717, 1.165) is 78.6 Å². The Balaban J connectivity index is 1.22. The Labute approximate surface area is 284 Å². The summed E-state index contributed by atoms with van der Waals surface area (Å²) < 4.78 is 13.3. The largest absolute Gasteiger partial charge is 0.395 e. The van der Waals surface area contributed by atoms with Crippen LogP contribution in [0.1, 0.15) is 87.0 Å². The average Bonchev–Trinajstić information content (AvgIpc) is 3.57. The molecule has 3 aromatic carbocycles. The average molecular weight is 658 g/mol. The number of carbonyl (C=O) groups excluding carboxylic acids is 2. The highest BCUT2D eigenvalue weighted by Crippen LogP contribution is 2.42. The van der Waals surface area contributed by atoms with Gasteiger partial charge in [-0.05, 0) is 66.1 Å². The van der Waals surface area contributed by atoms with Crippen LogP contribution in [0.25, 0.3) is 11.1 Å². The third-order valence-electron chi connectivity index (χ3n) is 9.64. The first kappa shape index (κ1) is 35.7. The third-order valence-corrected chi connectivity index (χ3v) is 9.64. The summed E-state index contributed by atoms with van der Waals surface area (Å²) in [5, 5.41) is 25.3. The number of hydrogen-bond donors (Lipinski definition) is 4. The maximum absolute atomic E-state index is 12.4. The maximum atomic E-state index is 12.4. The molecule has 2 fully saturated rings. The second kappa shape index (κ2) is 17.7. The van der Waals surface area contributed by atoms with Gasteiger partial charge in [0.15, 0.2) is 6.29 Å². The van der Waals surface area contributed by atoms with E-state index >= 15 is 0 Å².